The Morgan fingerprint density at radius 1 is 1.39 bits per heavy atom. The van der Waals surface area contributed by atoms with Crippen molar-refractivity contribution in [2.75, 3.05) is 32.8 Å². The minimum Gasteiger partial charge on any atom is -0.463 e. The number of hydrogen-bond acceptors (Lipinski definition) is 4. The zero-order chi connectivity index (χ0) is 13.2. The second kappa shape index (κ2) is 9.11. The van der Waals surface area contributed by atoms with E-state index in [0.717, 1.165) is 32.6 Å². The fourth-order valence-electron chi connectivity index (χ4n) is 2.36. The molecule has 0 spiro atoms. The molecule has 104 valence electrons. The second-order valence-electron chi connectivity index (χ2n) is 4.63. The molecule has 1 N–H and O–H groups in total. The third-order valence-corrected chi connectivity index (χ3v) is 3.22. The van der Waals surface area contributed by atoms with E-state index in [-0.39, 0.29) is 5.97 Å². The van der Waals surface area contributed by atoms with Crippen LogP contribution in [0.15, 0.2) is 12.2 Å². The summed E-state index contributed by atoms with van der Waals surface area (Å²) in [5.74, 6) is -0.237. The van der Waals surface area contributed by atoms with E-state index < -0.39 is 0 Å². The molecule has 0 aromatic heterocycles. The molecular formula is C14H26N2O2. The van der Waals surface area contributed by atoms with E-state index in [1.165, 1.54) is 12.8 Å². The molecular weight excluding hydrogens is 228 g/mol. The van der Waals surface area contributed by atoms with E-state index in [2.05, 4.69) is 17.1 Å². The molecule has 1 aliphatic heterocycles. The first-order chi connectivity index (χ1) is 8.77. The minimum atomic E-state index is -0.237. The molecule has 0 radical (unpaired) electrons. The van der Waals surface area contributed by atoms with E-state index in [1.807, 2.05) is 13.0 Å². The molecule has 0 bridgehead atoms. The lowest BCUT2D eigenvalue weighted by atomic mass is 10.0. The maximum atomic E-state index is 11.2. The van der Waals surface area contributed by atoms with Crippen molar-refractivity contribution >= 4 is 5.97 Å². The summed E-state index contributed by atoms with van der Waals surface area (Å²) in [5.41, 5.74) is 0. The predicted octanol–water partition coefficient (Wildman–Crippen LogP) is 1.57. The monoisotopic (exact) mass is 254 g/mol. The van der Waals surface area contributed by atoms with Gasteiger partial charge in [0.2, 0.25) is 0 Å². The molecule has 1 fully saturated rings. The van der Waals surface area contributed by atoms with Gasteiger partial charge in [-0.3, -0.25) is 4.90 Å². The molecule has 0 aromatic rings. The van der Waals surface area contributed by atoms with Crippen LogP contribution >= 0.6 is 0 Å². The average molecular weight is 254 g/mol. The number of ether oxygens (including phenoxy) is 1. The number of nitrogens with zero attached hydrogens (tertiary/aromatic N) is 1. The maximum Gasteiger partial charge on any atom is 0.330 e. The van der Waals surface area contributed by atoms with Crippen LogP contribution in [0.25, 0.3) is 0 Å². The Balaban J connectivity index is 2.39. The molecule has 1 aliphatic rings. The summed E-state index contributed by atoms with van der Waals surface area (Å²) >= 11 is 0. The van der Waals surface area contributed by atoms with Crippen LogP contribution in [-0.2, 0) is 9.53 Å². The van der Waals surface area contributed by atoms with Gasteiger partial charge in [0.25, 0.3) is 0 Å². The van der Waals surface area contributed by atoms with Gasteiger partial charge < -0.3 is 10.1 Å². The van der Waals surface area contributed by atoms with E-state index in [1.54, 1.807) is 6.08 Å². The van der Waals surface area contributed by atoms with Gasteiger partial charge in [0.1, 0.15) is 0 Å². The summed E-state index contributed by atoms with van der Waals surface area (Å²) in [6.07, 6.45) is 7.03. The summed E-state index contributed by atoms with van der Waals surface area (Å²) in [5, 5.41) is 3.38. The van der Waals surface area contributed by atoms with E-state index in [4.69, 9.17) is 4.74 Å². The average Bonchev–Trinajstić information content (AvgIpc) is 2.39. The van der Waals surface area contributed by atoms with Crippen LogP contribution in [0.2, 0.25) is 0 Å². The second-order valence-corrected chi connectivity index (χ2v) is 4.63. The lowest BCUT2D eigenvalue weighted by molar-refractivity contribution is -0.137. The van der Waals surface area contributed by atoms with Gasteiger partial charge in [-0.2, -0.15) is 0 Å². The summed E-state index contributed by atoms with van der Waals surface area (Å²) in [6.45, 7) is 8.61. The first-order valence-corrected chi connectivity index (χ1v) is 7.06. The first-order valence-electron chi connectivity index (χ1n) is 7.06. The number of carbonyl (C=O) groups is 1. The number of carbonyl (C=O) groups excluding carboxylic acids is 1. The van der Waals surface area contributed by atoms with E-state index >= 15 is 0 Å². The zero-order valence-electron chi connectivity index (χ0n) is 11.7. The molecule has 4 nitrogen and oxygen atoms in total. The van der Waals surface area contributed by atoms with E-state index in [9.17, 15) is 4.79 Å². The molecule has 0 atom stereocenters. The van der Waals surface area contributed by atoms with Gasteiger partial charge in [-0.15, -0.1) is 0 Å². The largest absolute Gasteiger partial charge is 0.463 e. The van der Waals surface area contributed by atoms with Gasteiger partial charge in [-0.25, -0.2) is 4.79 Å². The maximum absolute atomic E-state index is 11.2. The number of esters is 1. The van der Waals surface area contributed by atoms with E-state index in [0.29, 0.717) is 12.6 Å². The standard InChI is InChI=1S/C14H26N2O2/c1-3-11-16(13-7-9-15-10-8-13)12-5-6-14(17)18-4-2/h5-6,13,15H,3-4,7-12H2,1-2H3/b6-5+. The number of nitrogens with one attached hydrogen (secondary N) is 1. The molecule has 1 saturated heterocycles. The Bertz CT molecular complexity index is 261. The number of hydrogen-bond donors (Lipinski definition) is 1. The van der Waals surface area contributed by atoms with Gasteiger partial charge in [0, 0.05) is 18.7 Å². The summed E-state index contributed by atoms with van der Waals surface area (Å²) in [4.78, 5) is 13.7. The van der Waals surface area contributed by atoms with Gasteiger partial charge >= 0.3 is 5.97 Å². The number of piperidine rings is 1. The topological polar surface area (TPSA) is 41.6 Å². The lowest BCUT2D eigenvalue weighted by Gasteiger charge is -2.33. The van der Waals surface area contributed by atoms with Gasteiger partial charge in [0.15, 0.2) is 0 Å². The molecule has 0 aliphatic carbocycles. The van der Waals surface area contributed by atoms with Crippen molar-refractivity contribution in [1.29, 1.82) is 0 Å². The van der Waals surface area contributed by atoms with Crippen molar-refractivity contribution in [3.05, 3.63) is 12.2 Å². The highest BCUT2D eigenvalue weighted by atomic mass is 16.5. The minimum absolute atomic E-state index is 0.237. The summed E-state index contributed by atoms with van der Waals surface area (Å²) in [6, 6.07) is 0.651. The molecule has 0 unspecified atom stereocenters. The highest BCUT2D eigenvalue weighted by molar-refractivity contribution is 5.81. The fourth-order valence-corrected chi connectivity index (χ4v) is 2.36. The highest BCUT2D eigenvalue weighted by Crippen LogP contribution is 2.12. The van der Waals surface area contributed by atoms with Crippen LogP contribution in [-0.4, -0.2) is 49.7 Å². The van der Waals surface area contributed by atoms with Crippen LogP contribution in [0.3, 0.4) is 0 Å². The Kier molecular flexibility index (Phi) is 7.69. The smallest absolute Gasteiger partial charge is 0.330 e. The Morgan fingerprint density at radius 2 is 2.11 bits per heavy atom. The molecule has 0 saturated carbocycles. The zero-order valence-corrected chi connectivity index (χ0v) is 11.7. The van der Waals surface area contributed by atoms with Crippen molar-refractivity contribution in [1.82, 2.24) is 10.2 Å². The number of rotatable bonds is 7. The van der Waals surface area contributed by atoms with Crippen LogP contribution in [0, 0.1) is 0 Å². The predicted molar refractivity (Wildman–Crippen MR) is 73.5 cm³/mol. The quantitative estimate of drug-likeness (QED) is 0.553. The Labute approximate surface area is 110 Å². The molecule has 4 heteroatoms. The van der Waals surface area contributed by atoms with Crippen molar-refractivity contribution in [2.24, 2.45) is 0 Å². The highest BCUT2D eigenvalue weighted by Gasteiger charge is 2.18. The lowest BCUT2D eigenvalue weighted by Crippen LogP contribution is -2.43. The van der Waals surface area contributed by atoms with Crippen LogP contribution in [0.1, 0.15) is 33.1 Å². The molecule has 18 heavy (non-hydrogen) atoms. The Morgan fingerprint density at radius 3 is 2.72 bits per heavy atom. The van der Waals surface area contributed by atoms with Crippen LogP contribution in [0.4, 0.5) is 0 Å². The van der Waals surface area contributed by atoms with Crippen molar-refractivity contribution in [3.8, 4) is 0 Å². The first kappa shape index (κ1) is 15.2. The SMILES string of the molecule is CCCN(C/C=C/C(=O)OCC)C1CCNCC1. The van der Waals surface area contributed by atoms with Gasteiger partial charge in [-0.1, -0.05) is 13.0 Å². The molecule has 0 amide bonds. The van der Waals surface area contributed by atoms with Crippen molar-refractivity contribution in [2.45, 2.75) is 39.2 Å². The van der Waals surface area contributed by atoms with Crippen molar-refractivity contribution in [3.63, 3.8) is 0 Å². The summed E-state index contributed by atoms with van der Waals surface area (Å²) < 4.78 is 4.87. The van der Waals surface area contributed by atoms with Crippen molar-refractivity contribution < 1.29 is 9.53 Å². The van der Waals surface area contributed by atoms with Crippen LogP contribution < -0.4 is 5.32 Å². The van der Waals surface area contributed by atoms with Gasteiger partial charge in [-0.05, 0) is 45.8 Å². The Hall–Kier alpha value is -0.870. The third kappa shape index (κ3) is 5.65. The molecule has 1 heterocycles. The van der Waals surface area contributed by atoms with Gasteiger partial charge in [0.05, 0.1) is 6.61 Å². The third-order valence-electron chi connectivity index (χ3n) is 3.22. The van der Waals surface area contributed by atoms with Crippen LogP contribution in [0.5, 0.6) is 0 Å². The fraction of sp³-hybridized carbons (Fsp3) is 0.786. The molecule has 0 aromatic carbocycles. The molecule has 1 rings (SSSR count). The summed E-state index contributed by atoms with van der Waals surface area (Å²) in [7, 11) is 0. The normalized spacial score (nSPS) is 17.5.